The van der Waals surface area contributed by atoms with Crippen LogP contribution in [0.25, 0.3) is 0 Å². The molecule has 0 radical (unpaired) electrons. The van der Waals surface area contributed by atoms with Crippen molar-refractivity contribution in [1.82, 2.24) is 24.8 Å². The number of piperazine rings is 1. The van der Waals surface area contributed by atoms with Crippen LogP contribution in [0.1, 0.15) is 38.4 Å². The maximum atomic E-state index is 12.8. The minimum absolute atomic E-state index is 0.0617. The average Bonchev–Trinajstić information content (AvgIpc) is 3.06. The van der Waals surface area contributed by atoms with E-state index in [1.54, 1.807) is 0 Å². The first-order chi connectivity index (χ1) is 12.4. The number of likely N-dealkylation sites (tertiary alicyclic amines) is 1. The van der Waals surface area contributed by atoms with Gasteiger partial charge in [0.2, 0.25) is 17.8 Å². The molecule has 8 nitrogen and oxygen atoms in total. The molecule has 2 aliphatic rings. The van der Waals surface area contributed by atoms with E-state index in [1.165, 1.54) is 0 Å². The quantitative estimate of drug-likeness (QED) is 0.786. The van der Waals surface area contributed by atoms with Gasteiger partial charge in [-0.05, 0) is 26.4 Å². The molecule has 0 aromatic carbocycles. The number of nitrogens with zero attached hydrogens (tertiary/aromatic N) is 7. The molecule has 26 heavy (non-hydrogen) atoms. The van der Waals surface area contributed by atoms with E-state index in [4.69, 9.17) is 0 Å². The third-order valence-corrected chi connectivity index (χ3v) is 5.23. The summed E-state index contributed by atoms with van der Waals surface area (Å²) in [5.74, 6) is 2.74. The topological polar surface area (TPSA) is 68.7 Å². The van der Waals surface area contributed by atoms with Crippen LogP contribution in [0.15, 0.2) is 0 Å². The SMILES string of the molecule is CC(C)c1nc(N(C)C)nc(N2CCN(C(=O)C3CCCN3C)CC2)n1. The van der Waals surface area contributed by atoms with E-state index in [0.29, 0.717) is 5.95 Å². The summed E-state index contributed by atoms with van der Waals surface area (Å²) in [7, 11) is 5.93. The summed E-state index contributed by atoms with van der Waals surface area (Å²) in [6.07, 6.45) is 2.09. The molecule has 1 unspecified atom stereocenters. The van der Waals surface area contributed by atoms with Gasteiger partial charge in [0.05, 0.1) is 6.04 Å². The van der Waals surface area contributed by atoms with Gasteiger partial charge in [-0.1, -0.05) is 13.8 Å². The maximum Gasteiger partial charge on any atom is 0.240 e. The predicted octanol–water partition coefficient (Wildman–Crippen LogP) is 0.804. The smallest absolute Gasteiger partial charge is 0.240 e. The first-order valence-electron chi connectivity index (χ1n) is 9.54. The van der Waals surface area contributed by atoms with E-state index >= 15 is 0 Å². The van der Waals surface area contributed by atoms with E-state index in [-0.39, 0.29) is 17.9 Å². The lowest BCUT2D eigenvalue weighted by atomic mass is 10.1. The molecular weight excluding hydrogens is 330 g/mol. The van der Waals surface area contributed by atoms with Crippen LogP contribution < -0.4 is 9.80 Å². The molecule has 1 aromatic heterocycles. The highest BCUT2D eigenvalue weighted by atomic mass is 16.2. The highest BCUT2D eigenvalue weighted by molar-refractivity contribution is 5.82. The van der Waals surface area contributed by atoms with Gasteiger partial charge in [-0.15, -0.1) is 0 Å². The van der Waals surface area contributed by atoms with Crippen LogP contribution in [0.2, 0.25) is 0 Å². The molecular formula is C18H31N7O. The lowest BCUT2D eigenvalue weighted by Crippen LogP contribution is -2.53. The van der Waals surface area contributed by atoms with E-state index in [1.807, 2.05) is 30.9 Å². The van der Waals surface area contributed by atoms with Crippen LogP contribution in [0, 0.1) is 0 Å². The van der Waals surface area contributed by atoms with Crippen molar-refractivity contribution in [3.63, 3.8) is 0 Å². The summed E-state index contributed by atoms with van der Waals surface area (Å²) in [6, 6.07) is 0.0617. The fourth-order valence-electron chi connectivity index (χ4n) is 3.53. The molecule has 3 rings (SSSR count). The van der Waals surface area contributed by atoms with E-state index in [0.717, 1.165) is 57.3 Å². The monoisotopic (exact) mass is 361 g/mol. The van der Waals surface area contributed by atoms with Crippen molar-refractivity contribution >= 4 is 17.8 Å². The fourth-order valence-corrected chi connectivity index (χ4v) is 3.53. The average molecular weight is 361 g/mol. The Morgan fingerprint density at radius 1 is 1.08 bits per heavy atom. The van der Waals surface area contributed by atoms with Gasteiger partial charge in [0, 0.05) is 46.2 Å². The van der Waals surface area contributed by atoms with Gasteiger partial charge in [-0.25, -0.2) is 0 Å². The molecule has 0 aliphatic carbocycles. The van der Waals surface area contributed by atoms with Crippen molar-refractivity contribution in [3.05, 3.63) is 5.82 Å². The molecule has 2 fully saturated rings. The first kappa shape index (κ1) is 18.8. The number of amides is 1. The van der Waals surface area contributed by atoms with Gasteiger partial charge in [-0.2, -0.15) is 15.0 Å². The second-order valence-electron chi connectivity index (χ2n) is 7.79. The number of hydrogen-bond acceptors (Lipinski definition) is 7. The minimum atomic E-state index is 0.0617. The Labute approximate surface area is 156 Å². The van der Waals surface area contributed by atoms with Crippen molar-refractivity contribution in [2.24, 2.45) is 0 Å². The van der Waals surface area contributed by atoms with Gasteiger partial charge < -0.3 is 14.7 Å². The third-order valence-electron chi connectivity index (χ3n) is 5.23. The van der Waals surface area contributed by atoms with Gasteiger partial charge in [0.25, 0.3) is 0 Å². The number of aromatic nitrogens is 3. The lowest BCUT2D eigenvalue weighted by molar-refractivity contribution is -0.135. The highest BCUT2D eigenvalue weighted by Crippen LogP contribution is 2.21. The van der Waals surface area contributed by atoms with E-state index in [9.17, 15) is 4.79 Å². The number of carbonyl (C=O) groups excluding carboxylic acids is 1. The van der Waals surface area contributed by atoms with E-state index < -0.39 is 0 Å². The Balaban J connectivity index is 1.68. The number of anilines is 2. The number of carbonyl (C=O) groups is 1. The van der Waals surface area contributed by atoms with Crippen LogP contribution in [-0.2, 0) is 4.79 Å². The zero-order valence-corrected chi connectivity index (χ0v) is 16.6. The van der Waals surface area contributed by atoms with Crippen LogP contribution >= 0.6 is 0 Å². The zero-order valence-electron chi connectivity index (χ0n) is 16.6. The Morgan fingerprint density at radius 2 is 1.77 bits per heavy atom. The van der Waals surface area contributed by atoms with Crippen molar-refractivity contribution in [2.45, 2.75) is 38.6 Å². The van der Waals surface area contributed by atoms with Crippen molar-refractivity contribution in [3.8, 4) is 0 Å². The molecule has 0 bridgehead atoms. The van der Waals surface area contributed by atoms with Crippen molar-refractivity contribution < 1.29 is 4.79 Å². The molecule has 2 aliphatic heterocycles. The zero-order chi connectivity index (χ0) is 18.8. The van der Waals surface area contributed by atoms with Crippen LogP contribution in [0.5, 0.6) is 0 Å². The number of hydrogen-bond donors (Lipinski definition) is 0. The lowest BCUT2D eigenvalue weighted by Gasteiger charge is -2.37. The predicted molar refractivity (Wildman–Crippen MR) is 103 cm³/mol. The summed E-state index contributed by atoms with van der Waals surface area (Å²) in [5, 5.41) is 0. The van der Waals surface area contributed by atoms with Crippen molar-refractivity contribution in [2.75, 3.05) is 63.7 Å². The summed E-state index contributed by atoms with van der Waals surface area (Å²) < 4.78 is 0. The number of likely N-dealkylation sites (N-methyl/N-ethyl adjacent to an activating group) is 1. The molecule has 0 saturated carbocycles. The minimum Gasteiger partial charge on any atom is -0.347 e. The first-order valence-corrected chi connectivity index (χ1v) is 9.54. The molecule has 1 amide bonds. The van der Waals surface area contributed by atoms with Crippen LogP contribution in [-0.4, -0.2) is 90.6 Å². The second-order valence-corrected chi connectivity index (χ2v) is 7.79. The molecule has 0 N–H and O–H groups in total. The Bertz CT molecular complexity index is 614. The molecule has 0 spiro atoms. The normalized spacial score (nSPS) is 21.5. The van der Waals surface area contributed by atoms with E-state index in [2.05, 4.69) is 38.6 Å². The summed E-state index contributed by atoms with van der Waals surface area (Å²) in [5.41, 5.74) is 0. The molecule has 3 heterocycles. The standard InChI is InChI=1S/C18H31N7O/c1-13(2)15-19-17(22(3)4)21-18(20-15)25-11-9-24(10-12-25)16(26)14-7-6-8-23(14)5/h13-14H,6-12H2,1-5H3. The molecule has 2 saturated heterocycles. The second kappa shape index (κ2) is 7.73. The Hall–Kier alpha value is -1.96. The summed E-state index contributed by atoms with van der Waals surface area (Å²) >= 11 is 0. The molecule has 144 valence electrons. The maximum absolute atomic E-state index is 12.8. The largest absolute Gasteiger partial charge is 0.347 e. The van der Waals surface area contributed by atoms with Gasteiger partial charge in [0.1, 0.15) is 5.82 Å². The number of rotatable bonds is 4. The molecule has 8 heteroatoms. The summed E-state index contributed by atoms with van der Waals surface area (Å²) in [6.45, 7) is 8.17. The summed E-state index contributed by atoms with van der Waals surface area (Å²) in [4.78, 5) is 34.8. The fraction of sp³-hybridized carbons (Fsp3) is 0.778. The van der Waals surface area contributed by atoms with Gasteiger partial charge in [-0.3, -0.25) is 9.69 Å². The molecule has 1 atom stereocenters. The Morgan fingerprint density at radius 3 is 2.31 bits per heavy atom. The third kappa shape index (κ3) is 3.90. The molecule has 1 aromatic rings. The highest BCUT2D eigenvalue weighted by Gasteiger charge is 2.33. The van der Waals surface area contributed by atoms with Crippen molar-refractivity contribution in [1.29, 1.82) is 0 Å². The van der Waals surface area contributed by atoms with Gasteiger partial charge >= 0.3 is 0 Å². The van der Waals surface area contributed by atoms with Crippen LogP contribution in [0.3, 0.4) is 0 Å². The van der Waals surface area contributed by atoms with Gasteiger partial charge in [0.15, 0.2) is 0 Å². The van der Waals surface area contributed by atoms with Crippen LogP contribution in [0.4, 0.5) is 11.9 Å². The Kier molecular flexibility index (Phi) is 5.60.